The van der Waals surface area contributed by atoms with E-state index in [4.69, 9.17) is 39.5 Å². The first-order valence-electron chi connectivity index (χ1n) is 5.67. The maximum atomic E-state index is 5.96. The fourth-order valence-corrected chi connectivity index (χ4v) is 2.34. The van der Waals surface area contributed by atoms with E-state index in [1.54, 1.807) is 18.2 Å². The Kier molecular flexibility index (Phi) is 4.56. The average molecular weight is 317 g/mol. The van der Waals surface area contributed by atoms with Crippen LogP contribution in [0.4, 0.5) is 0 Å². The van der Waals surface area contributed by atoms with E-state index in [-0.39, 0.29) is 0 Å². The highest BCUT2D eigenvalue weighted by Crippen LogP contribution is 2.31. The van der Waals surface area contributed by atoms with E-state index < -0.39 is 0 Å². The Morgan fingerprint density at radius 2 is 1.84 bits per heavy atom. The number of benzene rings is 1. The molecule has 0 saturated heterocycles. The van der Waals surface area contributed by atoms with E-state index in [0.29, 0.717) is 27.6 Å². The maximum absolute atomic E-state index is 5.96. The standard InChI is InChI=1S/C14H12Cl3NO/c1-8-5-9(2)18-14(11(8)7-15)19-10-3-4-12(16)13(17)6-10/h3-6H,7H2,1-2H3. The van der Waals surface area contributed by atoms with Gasteiger partial charge in [-0.2, -0.15) is 0 Å². The third kappa shape index (κ3) is 3.33. The van der Waals surface area contributed by atoms with Gasteiger partial charge in [-0.1, -0.05) is 23.2 Å². The van der Waals surface area contributed by atoms with Crippen LogP contribution in [0.3, 0.4) is 0 Å². The number of aromatic nitrogens is 1. The molecule has 5 heteroatoms. The van der Waals surface area contributed by atoms with Crippen LogP contribution in [-0.2, 0) is 5.88 Å². The minimum atomic E-state index is 0.343. The van der Waals surface area contributed by atoms with Crippen molar-refractivity contribution in [3.63, 3.8) is 0 Å². The number of hydrogen-bond acceptors (Lipinski definition) is 2. The molecule has 0 radical (unpaired) electrons. The molecule has 0 spiro atoms. The van der Waals surface area contributed by atoms with E-state index in [1.807, 2.05) is 19.9 Å². The van der Waals surface area contributed by atoms with Gasteiger partial charge in [0.1, 0.15) is 5.75 Å². The molecule has 1 heterocycles. The molecule has 19 heavy (non-hydrogen) atoms. The van der Waals surface area contributed by atoms with Gasteiger partial charge < -0.3 is 4.74 Å². The maximum Gasteiger partial charge on any atom is 0.224 e. The molecule has 0 aliphatic rings. The Hall–Kier alpha value is -0.960. The van der Waals surface area contributed by atoms with Crippen LogP contribution in [0.5, 0.6) is 11.6 Å². The van der Waals surface area contributed by atoms with Crippen molar-refractivity contribution >= 4 is 34.8 Å². The molecule has 0 bridgehead atoms. The van der Waals surface area contributed by atoms with Gasteiger partial charge in [-0.05, 0) is 37.6 Å². The van der Waals surface area contributed by atoms with Crippen molar-refractivity contribution in [2.75, 3.05) is 0 Å². The normalized spacial score (nSPS) is 10.6. The quantitative estimate of drug-likeness (QED) is 0.694. The Balaban J connectivity index is 2.39. The highest BCUT2D eigenvalue weighted by molar-refractivity contribution is 6.42. The number of ether oxygens (including phenoxy) is 1. The first kappa shape index (κ1) is 14.4. The molecule has 0 N–H and O–H groups in total. The van der Waals surface area contributed by atoms with Gasteiger partial charge in [-0.15, -0.1) is 11.6 Å². The molecule has 0 atom stereocenters. The van der Waals surface area contributed by atoms with E-state index in [1.165, 1.54) is 0 Å². The Bertz CT molecular complexity index is 614. The highest BCUT2D eigenvalue weighted by atomic mass is 35.5. The number of pyridine rings is 1. The second-order valence-corrected chi connectivity index (χ2v) is 5.26. The van der Waals surface area contributed by atoms with Crippen LogP contribution in [0.15, 0.2) is 24.3 Å². The minimum absolute atomic E-state index is 0.343. The summed E-state index contributed by atoms with van der Waals surface area (Å²) in [6.45, 7) is 3.89. The number of hydrogen-bond donors (Lipinski definition) is 0. The van der Waals surface area contributed by atoms with Crippen molar-refractivity contribution in [2.45, 2.75) is 19.7 Å². The SMILES string of the molecule is Cc1cc(C)c(CCl)c(Oc2ccc(Cl)c(Cl)c2)n1. The Labute approximate surface area is 127 Å². The summed E-state index contributed by atoms with van der Waals surface area (Å²) in [7, 11) is 0. The first-order valence-corrected chi connectivity index (χ1v) is 6.96. The van der Waals surface area contributed by atoms with Gasteiger partial charge >= 0.3 is 0 Å². The van der Waals surface area contributed by atoms with Gasteiger partial charge in [0.25, 0.3) is 0 Å². The van der Waals surface area contributed by atoms with Crippen molar-refractivity contribution in [1.82, 2.24) is 4.98 Å². The van der Waals surface area contributed by atoms with Crippen LogP contribution in [0, 0.1) is 13.8 Å². The number of alkyl halides is 1. The third-order valence-electron chi connectivity index (χ3n) is 2.68. The number of halogens is 3. The second kappa shape index (κ2) is 6.00. The molecule has 0 saturated carbocycles. The predicted octanol–water partition coefficient (Wildman–Crippen LogP) is 5.54. The molecule has 0 aliphatic carbocycles. The first-order chi connectivity index (χ1) is 9.01. The summed E-state index contributed by atoms with van der Waals surface area (Å²) < 4.78 is 5.76. The minimum Gasteiger partial charge on any atom is -0.439 e. The lowest BCUT2D eigenvalue weighted by atomic mass is 10.1. The largest absolute Gasteiger partial charge is 0.439 e. The lowest BCUT2D eigenvalue weighted by molar-refractivity contribution is 0.456. The fraction of sp³-hybridized carbons (Fsp3) is 0.214. The zero-order valence-electron chi connectivity index (χ0n) is 10.5. The van der Waals surface area contributed by atoms with Gasteiger partial charge in [-0.25, -0.2) is 4.98 Å². The molecule has 2 aromatic rings. The number of aryl methyl sites for hydroxylation is 2. The van der Waals surface area contributed by atoms with Crippen LogP contribution >= 0.6 is 34.8 Å². The highest BCUT2D eigenvalue weighted by Gasteiger charge is 2.11. The van der Waals surface area contributed by atoms with Gasteiger partial charge in [0.2, 0.25) is 5.88 Å². The van der Waals surface area contributed by atoms with Crippen LogP contribution < -0.4 is 4.74 Å². The Morgan fingerprint density at radius 3 is 2.47 bits per heavy atom. The summed E-state index contributed by atoms with van der Waals surface area (Å²) in [4.78, 5) is 4.37. The molecule has 2 rings (SSSR count). The summed E-state index contributed by atoms with van der Waals surface area (Å²) in [5.74, 6) is 1.43. The molecule has 100 valence electrons. The summed E-state index contributed by atoms with van der Waals surface area (Å²) >= 11 is 17.8. The summed E-state index contributed by atoms with van der Waals surface area (Å²) in [6, 6.07) is 7.05. The number of rotatable bonds is 3. The van der Waals surface area contributed by atoms with Crippen LogP contribution in [-0.4, -0.2) is 4.98 Å². The van der Waals surface area contributed by atoms with Crippen molar-refractivity contribution < 1.29 is 4.74 Å². The zero-order valence-corrected chi connectivity index (χ0v) is 12.8. The molecule has 2 nitrogen and oxygen atoms in total. The summed E-state index contributed by atoms with van der Waals surface area (Å²) in [5, 5.41) is 0.927. The van der Waals surface area contributed by atoms with Crippen LogP contribution in [0.1, 0.15) is 16.8 Å². The second-order valence-electron chi connectivity index (χ2n) is 4.18. The lowest BCUT2D eigenvalue weighted by Gasteiger charge is -2.12. The monoisotopic (exact) mass is 315 g/mol. The molecular formula is C14H12Cl3NO. The number of nitrogens with zero attached hydrogens (tertiary/aromatic N) is 1. The lowest BCUT2D eigenvalue weighted by Crippen LogP contribution is -1.98. The molecule has 0 unspecified atom stereocenters. The van der Waals surface area contributed by atoms with Crippen molar-refractivity contribution in [2.24, 2.45) is 0 Å². The van der Waals surface area contributed by atoms with E-state index in [0.717, 1.165) is 16.8 Å². The van der Waals surface area contributed by atoms with Gasteiger partial charge in [-0.3, -0.25) is 0 Å². The predicted molar refractivity (Wildman–Crippen MR) is 79.8 cm³/mol. The third-order valence-corrected chi connectivity index (χ3v) is 3.68. The van der Waals surface area contributed by atoms with E-state index in [9.17, 15) is 0 Å². The van der Waals surface area contributed by atoms with Gasteiger partial charge in [0.05, 0.1) is 15.9 Å². The van der Waals surface area contributed by atoms with Crippen LogP contribution in [0.25, 0.3) is 0 Å². The van der Waals surface area contributed by atoms with E-state index >= 15 is 0 Å². The average Bonchev–Trinajstić information content (AvgIpc) is 2.33. The summed E-state index contributed by atoms with van der Waals surface area (Å²) in [6.07, 6.45) is 0. The zero-order chi connectivity index (χ0) is 14.0. The van der Waals surface area contributed by atoms with Gasteiger partial charge in [0.15, 0.2) is 0 Å². The van der Waals surface area contributed by atoms with Crippen molar-refractivity contribution in [3.05, 3.63) is 51.1 Å². The van der Waals surface area contributed by atoms with E-state index in [2.05, 4.69) is 4.98 Å². The van der Waals surface area contributed by atoms with Crippen molar-refractivity contribution in [3.8, 4) is 11.6 Å². The summed E-state index contributed by atoms with van der Waals surface area (Å²) in [5.41, 5.74) is 2.80. The molecule has 0 fully saturated rings. The molecule has 1 aromatic heterocycles. The van der Waals surface area contributed by atoms with Crippen molar-refractivity contribution in [1.29, 1.82) is 0 Å². The smallest absolute Gasteiger partial charge is 0.224 e. The molecule has 0 aliphatic heterocycles. The van der Waals surface area contributed by atoms with Gasteiger partial charge in [0, 0.05) is 17.3 Å². The Morgan fingerprint density at radius 1 is 1.11 bits per heavy atom. The molecule has 1 aromatic carbocycles. The molecular weight excluding hydrogens is 305 g/mol. The van der Waals surface area contributed by atoms with Crippen LogP contribution in [0.2, 0.25) is 10.0 Å². The topological polar surface area (TPSA) is 22.1 Å². The molecule has 0 amide bonds. The fourth-order valence-electron chi connectivity index (χ4n) is 1.73.